The summed E-state index contributed by atoms with van der Waals surface area (Å²) in [6, 6.07) is 8.82. The number of ether oxygens (including phenoxy) is 2. The molecular formula is C15H16O4. The fourth-order valence-corrected chi connectivity index (χ4v) is 2.06. The van der Waals surface area contributed by atoms with Crippen LogP contribution in [0.25, 0.3) is 0 Å². The molecule has 1 aliphatic rings. The van der Waals surface area contributed by atoms with E-state index in [-0.39, 0.29) is 18.0 Å². The van der Waals surface area contributed by atoms with Crippen molar-refractivity contribution in [3.05, 3.63) is 47.5 Å². The number of carbonyl (C=O) groups excluding carboxylic acids is 2. The van der Waals surface area contributed by atoms with Crippen LogP contribution in [0.1, 0.15) is 29.6 Å². The zero-order valence-electron chi connectivity index (χ0n) is 10.8. The normalized spacial score (nSPS) is 18.4. The minimum Gasteiger partial charge on any atom is -0.466 e. The Labute approximate surface area is 112 Å². The highest BCUT2D eigenvalue weighted by molar-refractivity contribution is 5.90. The predicted molar refractivity (Wildman–Crippen MR) is 69.6 cm³/mol. The summed E-state index contributed by atoms with van der Waals surface area (Å²) in [7, 11) is 1.35. The maximum Gasteiger partial charge on any atom is 0.338 e. The molecule has 0 spiro atoms. The number of hydrogen-bond donors (Lipinski definition) is 0. The number of methoxy groups -OCH3 is 1. The van der Waals surface area contributed by atoms with E-state index in [9.17, 15) is 9.59 Å². The van der Waals surface area contributed by atoms with Crippen LogP contribution in [0.15, 0.2) is 42.0 Å². The Balaban J connectivity index is 2.03. The van der Waals surface area contributed by atoms with Gasteiger partial charge in [0.25, 0.3) is 0 Å². The summed E-state index contributed by atoms with van der Waals surface area (Å²) >= 11 is 0. The van der Waals surface area contributed by atoms with E-state index >= 15 is 0 Å². The average molecular weight is 260 g/mol. The molecule has 0 saturated heterocycles. The van der Waals surface area contributed by atoms with Crippen molar-refractivity contribution in [3.63, 3.8) is 0 Å². The molecule has 1 aromatic carbocycles. The van der Waals surface area contributed by atoms with Gasteiger partial charge >= 0.3 is 11.9 Å². The quantitative estimate of drug-likeness (QED) is 0.783. The van der Waals surface area contributed by atoms with Crippen LogP contribution in [0.5, 0.6) is 0 Å². The molecule has 0 aromatic heterocycles. The van der Waals surface area contributed by atoms with Crippen molar-refractivity contribution >= 4 is 11.9 Å². The van der Waals surface area contributed by atoms with Gasteiger partial charge < -0.3 is 9.47 Å². The van der Waals surface area contributed by atoms with Crippen LogP contribution in [0.3, 0.4) is 0 Å². The molecule has 0 radical (unpaired) electrons. The molecule has 1 aromatic rings. The van der Waals surface area contributed by atoms with Gasteiger partial charge in [-0.3, -0.25) is 0 Å². The standard InChI is InChI=1S/C15H16O4/c1-18-14(16)12-8-5-9-13(10-12)19-15(17)11-6-3-2-4-7-11/h2-4,6-7,10,13H,5,8-9H2,1H3/t13-/m1/s1. The molecule has 1 aliphatic carbocycles. The molecule has 4 heteroatoms. The third-order valence-corrected chi connectivity index (χ3v) is 3.04. The van der Waals surface area contributed by atoms with Gasteiger partial charge in [0.1, 0.15) is 6.10 Å². The smallest absolute Gasteiger partial charge is 0.338 e. The SMILES string of the molecule is COC(=O)C1=C[C@H](OC(=O)c2ccccc2)CCC1. The summed E-state index contributed by atoms with van der Waals surface area (Å²) in [6.45, 7) is 0. The van der Waals surface area contributed by atoms with Gasteiger partial charge in [-0.2, -0.15) is 0 Å². The van der Waals surface area contributed by atoms with E-state index in [1.807, 2.05) is 6.07 Å². The molecular weight excluding hydrogens is 244 g/mol. The van der Waals surface area contributed by atoms with Crippen LogP contribution >= 0.6 is 0 Å². The summed E-state index contributed by atoms with van der Waals surface area (Å²) < 4.78 is 10.1. The number of hydrogen-bond acceptors (Lipinski definition) is 4. The van der Waals surface area contributed by atoms with E-state index in [0.29, 0.717) is 17.6 Å². The molecule has 19 heavy (non-hydrogen) atoms. The summed E-state index contributed by atoms with van der Waals surface area (Å²) in [6.07, 6.45) is 3.56. The van der Waals surface area contributed by atoms with Crippen molar-refractivity contribution in [3.8, 4) is 0 Å². The van der Waals surface area contributed by atoms with E-state index < -0.39 is 0 Å². The first-order valence-electron chi connectivity index (χ1n) is 6.25. The molecule has 2 rings (SSSR count). The van der Waals surface area contributed by atoms with Crippen LogP contribution in [0.4, 0.5) is 0 Å². The van der Waals surface area contributed by atoms with Crippen molar-refractivity contribution in [2.45, 2.75) is 25.4 Å². The van der Waals surface area contributed by atoms with Gasteiger partial charge in [0.05, 0.1) is 12.7 Å². The highest BCUT2D eigenvalue weighted by Crippen LogP contribution is 2.22. The number of esters is 2. The van der Waals surface area contributed by atoms with Gasteiger partial charge in [0, 0.05) is 5.57 Å². The fraction of sp³-hybridized carbons (Fsp3) is 0.333. The van der Waals surface area contributed by atoms with Crippen molar-refractivity contribution in [1.29, 1.82) is 0 Å². The van der Waals surface area contributed by atoms with E-state index in [2.05, 4.69) is 4.74 Å². The molecule has 0 N–H and O–H groups in total. The van der Waals surface area contributed by atoms with Gasteiger partial charge in [-0.25, -0.2) is 9.59 Å². The highest BCUT2D eigenvalue weighted by Gasteiger charge is 2.21. The number of carbonyl (C=O) groups is 2. The Morgan fingerprint density at radius 2 is 1.89 bits per heavy atom. The molecule has 0 unspecified atom stereocenters. The van der Waals surface area contributed by atoms with Gasteiger partial charge in [0.15, 0.2) is 0 Å². The topological polar surface area (TPSA) is 52.6 Å². The Morgan fingerprint density at radius 1 is 1.16 bits per heavy atom. The summed E-state index contributed by atoms with van der Waals surface area (Å²) in [5.74, 6) is -0.714. The lowest BCUT2D eigenvalue weighted by atomic mass is 9.97. The van der Waals surface area contributed by atoms with Gasteiger partial charge in [-0.1, -0.05) is 18.2 Å². The Morgan fingerprint density at radius 3 is 2.58 bits per heavy atom. The molecule has 4 nitrogen and oxygen atoms in total. The molecule has 0 aliphatic heterocycles. The molecule has 0 amide bonds. The van der Waals surface area contributed by atoms with E-state index in [1.165, 1.54) is 7.11 Å². The van der Waals surface area contributed by atoms with E-state index in [4.69, 9.17) is 4.74 Å². The van der Waals surface area contributed by atoms with Gasteiger partial charge in [0.2, 0.25) is 0 Å². The lowest BCUT2D eigenvalue weighted by Gasteiger charge is -2.20. The zero-order chi connectivity index (χ0) is 13.7. The molecule has 0 saturated carbocycles. The molecule has 100 valence electrons. The van der Waals surface area contributed by atoms with Crippen LogP contribution in [0, 0.1) is 0 Å². The monoisotopic (exact) mass is 260 g/mol. The van der Waals surface area contributed by atoms with E-state index in [0.717, 1.165) is 12.8 Å². The lowest BCUT2D eigenvalue weighted by Crippen LogP contribution is -2.21. The third-order valence-electron chi connectivity index (χ3n) is 3.04. The second-order valence-corrected chi connectivity index (χ2v) is 4.39. The molecule has 0 heterocycles. The predicted octanol–water partition coefficient (Wildman–Crippen LogP) is 2.50. The summed E-state index contributed by atoms with van der Waals surface area (Å²) in [5.41, 5.74) is 1.10. The summed E-state index contributed by atoms with van der Waals surface area (Å²) in [5, 5.41) is 0. The second-order valence-electron chi connectivity index (χ2n) is 4.39. The molecule has 0 fully saturated rings. The Bertz CT molecular complexity index is 490. The lowest BCUT2D eigenvalue weighted by molar-refractivity contribution is -0.136. The van der Waals surface area contributed by atoms with E-state index in [1.54, 1.807) is 30.3 Å². The van der Waals surface area contributed by atoms with Crippen molar-refractivity contribution in [1.82, 2.24) is 0 Å². The van der Waals surface area contributed by atoms with Crippen LogP contribution < -0.4 is 0 Å². The van der Waals surface area contributed by atoms with Gasteiger partial charge in [-0.05, 0) is 37.5 Å². The zero-order valence-corrected chi connectivity index (χ0v) is 10.8. The summed E-state index contributed by atoms with van der Waals surface area (Å²) in [4.78, 5) is 23.3. The van der Waals surface area contributed by atoms with Crippen molar-refractivity contribution in [2.75, 3.05) is 7.11 Å². The van der Waals surface area contributed by atoms with Crippen molar-refractivity contribution in [2.24, 2.45) is 0 Å². The first kappa shape index (κ1) is 13.3. The number of benzene rings is 1. The third kappa shape index (κ3) is 3.44. The average Bonchev–Trinajstić information content (AvgIpc) is 2.47. The maximum atomic E-state index is 11.9. The molecule has 0 bridgehead atoms. The van der Waals surface area contributed by atoms with Crippen LogP contribution in [-0.2, 0) is 14.3 Å². The van der Waals surface area contributed by atoms with Crippen LogP contribution in [0.2, 0.25) is 0 Å². The second kappa shape index (κ2) is 6.18. The first-order valence-corrected chi connectivity index (χ1v) is 6.25. The maximum absolute atomic E-state index is 11.9. The minimum atomic E-state index is -0.368. The van der Waals surface area contributed by atoms with Crippen molar-refractivity contribution < 1.29 is 19.1 Å². The highest BCUT2D eigenvalue weighted by atomic mass is 16.5. The number of rotatable bonds is 3. The largest absolute Gasteiger partial charge is 0.466 e. The Kier molecular flexibility index (Phi) is 4.34. The fourth-order valence-electron chi connectivity index (χ4n) is 2.06. The minimum absolute atomic E-state index is 0.347. The molecule has 1 atom stereocenters. The first-order chi connectivity index (χ1) is 9.20. The van der Waals surface area contributed by atoms with Crippen LogP contribution in [-0.4, -0.2) is 25.2 Å². The Hall–Kier alpha value is -2.10. The van der Waals surface area contributed by atoms with Gasteiger partial charge in [-0.15, -0.1) is 0 Å².